The van der Waals surface area contributed by atoms with Crippen LogP contribution in [-0.2, 0) is 10.3 Å². The summed E-state index contributed by atoms with van der Waals surface area (Å²) in [4.78, 5) is 0. The van der Waals surface area contributed by atoms with Gasteiger partial charge in [-0.25, -0.2) is 4.68 Å². The normalized spacial score (nSPS) is 26.1. The highest BCUT2D eigenvalue weighted by Crippen LogP contribution is 2.36. The third kappa shape index (κ3) is 1.96. The highest BCUT2D eigenvalue weighted by atomic mass is 35.5. The highest BCUT2D eigenvalue weighted by Gasteiger charge is 2.41. The lowest BCUT2D eigenvalue weighted by atomic mass is 9.94. The Kier molecular flexibility index (Phi) is 3.14. The van der Waals surface area contributed by atoms with Gasteiger partial charge in [-0.3, -0.25) is 0 Å². The molecule has 1 aliphatic rings. The van der Waals surface area contributed by atoms with Crippen molar-refractivity contribution in [3.05, 3.63) is 23.2 Å². The maximum atomic E-state index is 6.26. The molecule has 2 heterocycles. The van der Waals surface area contributed by atoms with E-state index < -0.39 is 0 Å². The minimum atomic E-state index is -0.274. The minimum Gasteiger partial charge on any atom is -0.399 e. The van der Waals surface area contributed by atoms with Crippen molar-refractivity contribution < 1.29 is 4.74 Å². The number of hydrogen-bond acceptors (Lipinski definition) is 5. The molecule has 2 N–H and O–H groups in total. The molecule has 1 saturated heterocycles. The van der Waals surface area contributed by atoms with E-state index in [4.69, 9.17) is 22.1 Å². The summed E-state index contributed by atoms with van der Waals surface area (Å²) in [7, 11) is 0. The summed E-state index contributed by atoms with van der Waals surface area (Å²) < 4.78 is 7.47. The molecule has 106 valence electrons. The van der Waals surface area contributed by atoms with E-state index in [0.717, 1.165) is 12.0 Å². The maximum absolute atomic E-state index is 6.26. The molecule has 1 aliphatic heterocycles. The third-order valence-corrected chi connectivity index (χ3v) is 4.35. The van der Waals surface area contributed by atoms with Crippen molar-refractivity contribution >= 4 is 17.3 Å². The van der Waals surface area contributed by atoms with E-state index in [1.165, 1.54) is 0 Å². The Morgan fingerprint density at radius 3 is 2.95 bits per heavy atom. The highest BCUT2D eigenvalue weighted by molar-refractivity contribution is 6.33. The van der Waals surface area contributed by atoms with Crippen LogP contribution in [0.25, 0.3) is 11.4 Å². The molecule has 1 aromatic heterocycles. The van der Waals surface area contributed by atoms with Gasteiger partial charge in [-0.2, -0.15) is 0 Å². The number of aromatic nitrogens is 4. The fraction of sp³-hybridized carbons (Fsp3) is 0.462. The summed E-state index contributed by atoms with van der Waals surface area (Å²) in [6.45, 7) is 4.82. The van der Waals surface area contributed by atoms with Crippen molar-refractivity contribution in [2.75, 3.05) is 12.3 Å². The van der Waals surface area contributed by atoms with Crippen molar-refractivity contribution in [2.45, 2.75) is 31.9 Å². The number of nitrogens with two attached hydrogens (primary N) is 1. The molecule has 2 atom stereocenters. The molecular weight excluding hydrogens is 278 g/mol. The first-order chi connectivity index (χ1) is 9.52. The first kappa shape index (κ1) is 13.3. The first-order valence-corrected chi connectivity index (χ1v) is 6.86. The summed E-state index contributed by atoms with van der Waals surface area (Å²) in [6, 6.07) is 5.33. The molecule has 0 aliphatic carbocycles. The molecular formula is C13H16ClN5O. The summed E-state index contributed by atoms with van der Waals surface area (Å²) in [5, 5.41) is 12.6. The summed E-state index contributed by atoms with van der Waals surface area (Å²) >= 11 is 6.26. The second-order valence-corrected chi connectivity index (χ2v) is 5.68. The minimum absolute atomic E-state index is 0.0392. The Bertz CT molecular complexity index is 643. The van der Waals surface area contributed by atoms with Gasteiger partial charge in [0.25, 0.3) is 0 Å². The van der Waals surface area contributed by atoms with E-state index in [-0.39, 0.29) is 11.6 Å². The second-order valence-electron chi connectivity index (χ2n) is 5.27. The van der Waals surface area contributed by atoms with Crippen molar-refractivity contribution in [1.82, 2.24) is 20.2 Å². The molecule has 1 fully saturated rings. The van der Waals surface area contributed by atoms with E-state index in [1.54, 1.807) is 12.1 Å². The van der Waals surface area contributed by atoms with E-state index in [1.807, 2.05) is 17.7 Å². The van der Waals surface area contributed by atoms with Crippen LogP contribution in [0.3, 0.4) is 0 Å². The first-order valence-electron chi connectivity index (χ1n) is 6.48. The van der Waals surface area contributed by atoms with Crippen LogP contribution in [0.15, 0.2) is 18.2 Å². The SMILES string of the molecule is CC1OCCC1(C)n1nnnc1-c1ccc(N)cc1Cl. The number of hydrogen-bond donors (Lipinski definition) is 1. The van der Waals surface area contributed by atoms with Crippen LogP contribution in [0.5, 0.6) is 0 Å². The molecule has 0 bridgehead atoms. The molecule has 7 heteroatoms. The van der Waals surface area contributed by atoms with Crippen molar-refractivity contribution in [1.29, 1.82) is 0 Å². The fourth-order valence-electron chi connectivity index (χ4n) is 2.52. The van der Waals surface area contributed by atoms with Gasteiger partial charge in [-0.15, -0.1) is 5.10 Å². The second kappa shape index (κ2) is 4.71. The zero-order valence-electron chi connectivity index (χ0n) is 11.4. The third-order valence-electron chi connectivity index (χ3n) is 4.04. The molecule has 1 aromatic carbocycles. The standard InChI is InChI=1S/C13H16ClN5O/c1-8-13(2,5-6-20-8)19-12(16-17-18-19)10-4-3-9(15)7-11(10)14/h3-4,7-8H,5-6,15H2,1-2H3. The van der Waals surface area contributed by atoms with Crippen molar-refractivity contribution in [3.8, 4) is 11.4 Å². The van der Waals surface area contributed by atoms with Crippen LogP contribution >= 0.6 is 11.6 Å². The van der Waals surface area contributed by atoms with Crippen molar-refractivity contribution in [2.24, 2.45) is 0 Å². The van der Waals surface area contributed by atoms with Gasteiger partial charge in [-0.1, -0.05) is 11.6 Å². The lowest BCUT2D eigenvalue weighted by molar-refractivity contribution is 0.0706. The molecule has 6 nitrogen and oxygen atoms in total. The molecule has 2 aromatic rings. The zero-order chi connectivity index (χ0) is 14.3. The number of nitrogens with zero attached hydrogens (tertiary/aromatic N) is 4. The molecule has 0 saturated carbocycles. The number of benzene rings is 1. The number of tetrazole rings is 1. The maximum Gasteiger partial charge on any atom is 0.184 e. The van der Waals surface area contributed by atoms with Gasteiger partial charge >= 0.3 is 0 Å². The zero-order valence-corrected chi connectivity index (χ0v) is 12.1. The van der Waals surface area contributed by atoms with E-state index >= 15 is 0 Å². The van der Waals surface area contributed by atoms with Gasteiger partial charge in [0.05, 0.1) is 16.7 Å². The van der Waals surface area contributed by atoms with Crippen LogP contribution < -0.4 is 5.73 Å². The molecule has 0 radical (unpaired) electrons. The predicted octanol–water partition coefficient (Wildman–Crippen LogP) is 2.10. The number of ether oxygens (including phenoxy) is 1. The molecule has 2 unspecified atom stereocenters. The van der Waals surface area contributed by atoms with Crippen LogP contribution in [-0.4, -0.2) is 32.9 Å². The number of nitrogen functional groups attached to an aromatic ring is 1. The summed E-state index contributed by atoms with van der Waals surface area (Å²) in [6.07, 6.45) is 0.899. The number of rotatable bonds is 2. The smallest absolute Gasteiger partial charge is 0.184 e. The lowest BCUT2D eigenvalue weighted by Crippen LogP contribution is -2.38. The molecule has 20 heavy (non-hydrogen) atoms. The summed E-state index contributed by atoms with van der Waals surface area (Å²) in [5.74, 6) is 0.634. The lowest BCUT2D eigenvalue weighted by Gasteiger charge is -2.28. The summed E-state index contributed by atoms with van der Waals surface area (Å²) in [5.41, 5.74) is 6.83. The van der Waals surface area contributed by atoms with E-state index in [9.17, 15) is 0 Å². The Hall–Kier alpha value is -1.66. The Morgan fingerprint density at radius 2 is 2.30 bits per heavy atom. The van der Waals surface area contributed by atoms with Gasteiger partial charge in [-0.05, 0) is 48.9 Å². The van der Waals surface area contributed by atoms with Crippen LogP contribution in [0, 0.1) is 0 Å². The topological polar surface area (TPSA) is 78.8 Å². The Balaban J connectivity index is 2.11. The monoisotopic (exact) mass is 293 g/mol. The van der Waals surface area contributed by atoms with Crippen LogP contribution in [0.2, 0.25) is 5.02 Å². The Labute approximate surface area is 121 Å². The van der Waals surface area contributed by atoms with E-state index in [2.05, 4.69) is 22.4 Å². The molecule has 0 spiro atoms. The average molecular weight is 294 g/mol. The van der Waals surface area contributed by atoms with Gasteiger partial charge in [0, 0.05) is 17.9 Å². The largest absolute Gasteiger partial charge is 0.399 e. The quantitative estimate of drug-likeness (QED) is 0.858. The predicted molar refractivity (Wildman–Crippen MR) is 76.4 cm³/mol. The van der Waals surface area contributed by atoms with Gasteiger partial charge < -0.3 is 10.5 Å². The molecule has 0 amide bonds. The Morgan fingerprint density at radius 1 is 1.50 bits per heavy atom. The number of halogens is 1. The van der Waals surface area contributed by atoms with E-state index in [0.29, 0.717) is 23.1 Å². The van der Waals surface area contributed by atoms with Gasteiger partial charge in [0.1, 0.15) is 0 Å². The van der Waals surface area contributed by atoms with Gasteiger partial charge in [0.2, 0.25) is 0 Å². The average Bonchev–Trinajstić information content (AvgIpc) is 2.99. The number of anilines is 1. The van der Waals surface area contributed by atoms with Crippen LogP contribution in [0.1, 0.15) is 20.3 Å². The fourth-order valence-corrected chi connectivity index (χ4v) is 2.79. The van der Waals surface area contributed by atoms with Crippen LogP contribution in [0.4, 0.5) is 5.69 Å². The van der Waals surface area contributed by atoms with Gasteiger partial charge in [0.15, 0.2) is 5.82 Å². The molecule has 3 rings (SSSR count). The van der Waals surface area contributed by atoms with Crippen molar-refractivity contribution in [3.63, 3.8) is 0 Å².